The summed E-state index contributed by atoms with van der Waals surface area (Å²) in [5, 5.41) is 8.23. The Kier molecular flexibility index (Phi) is 7.43. The highest BCUT2D eigenvalue weighted by atomic mass is 16.5. The number of hydrogen-bond donors (Lipinski definition) is 3. The van der Waals surface area contributed by atoms with Crippen molar-refractivity contribution in [3.63, 3.8) is 0 Å². The van der Waals surface area contributed by atoms with Crippen LogP contribution >= 0.6 is 0 Å². The summed E-state index contributed by atoms with van der Waals surface area (Å²) in [7, 11) is 0. The second kappa shape index (κ2) is 10.4. The van der Waals surface area contributed by atoms with Crippen LogP contribution in [0.2, 0.25) is 0 Å². The molecule has 1 atom stereocenters. The molecule has 30 heavy (non-hydrogen) atoms. The van der Waals surface area contributed by atoms with E-state index in [9.17, 15) is 14.4 Å². The van der Waals surface area contributed by atoms with Gasteiger partial charge in [0.15, 0.2) is 6.10 Å². The van der Waals surface area contributed by atoms with E-state index in [1.807, 2.05) is 30.3 Å². The molecule has 0 aliphatic heterocycles. The first-order chi connectivity index (χ1) is 14.5. The van der Waals surface area contributed by atoms with E-state index in [1.165, 1.54) is 13.3 Å². The van der Waals surface area contributed by atoms with Crippen molar-refractivity contribution < 1.29 is 19.1 Å². The van der Waals surface area contributed by atoms with E-state index in [0.29, 0.717) is 11.3 Å². The van der Waals surface area contributed by atoms with Crippen LogP contribution in [0.25, 0.3) is 0 Å². The predicted octanol–water partition coefficient (Wildman–Crippen LogP) is 4.13. The van der Waals surface area contributed by atoms with Gasteiger partial charge in [0.25, 0.3) is 5.91 Å². The van der Waals surface area contributed by atoms with Gasteiger partial charge in [-0.3, -0.25) is 10.1 Å². The first-order valence-corrected chi connectivity index (χ1v) is 10.3. The fraction of sp³-hybridized carbons (Fsp3) is 0.348. The van der Waals surface area contributed by atoms with Crippen LogP contribution in [0.3, 0.4) is 0 Å². The normalized spacial score (nSPS) is 15.0. The highest BCUT2D eigenvalue weighted by Crippen LogP contribution is 2.22. The van der Waals surface area contributed by atoms with Crippen molar-refractivity contribution in [2.75, 3.05) is 5.32 Å². The van der Waals surface area contributed by atoms with E-state index < -0.39 is 24.0 Å². The third-order valence-corrected chi connectivity index (χ3v) is 5.03. The smallest absolute Gasteiger partial charge is 0.341 e. The molecule has 0 bridgehead atoms. The lowest BCUT2D eigenvalue weighted by Crippen LogP contribution is -2.48. The summed E-state index contributed by atoms with van der Waals surface area (Å²) in [5.41, 5.74) is 1.69. The van der Waals surface area contributed by atoms with Gasteiger partial charge in [0.2, 0.25) is 0 Å². The minimum Gasteiger partial charge on any atom is -0.449 e. The number of hydrogen-bond acceptors (Lipinski definition) is 5. The number of benzene rings is 2. The van der Waals surface area contributed by atoms with Gasteiger partial charge in [-0.2, -0.15) is 0 Å². The number of imide groups is 1. The molecule has 2 aromatic rings. The van der Waals surface area contributed by atoms with Gasteiger partial charge in [-0.25, -0.2) is 9.59 Å². The van der Waals surface area contributed by atoms with Crippen LogP contribution in [0.15, 0.2) is 54.6 Å². The molecular weight excluding hydrogens is 382 g/mol. The quantitative estimate of drug-likeness (QED) is 0.623. The summed E-state index contributed by atoms with van der Waals surface area (Å²) in [6, 6.07) is 15.8. The summed E-state index contributed by atoms with van der Waals surface area (Å²) in [6.45, 7) is 1.44. The molecule has 7 nitrogen and oxygen atoms in total. The number of ether oxygens (including phenoxy) is 1. The predicted molar refractivity (Wildman–Crippen MR) is 115 cm³/mol. The zero-order valence-electron chi connectivity index (χ0n) is 17.0. The molecule has 3 N–H and O–H groups in total. The van der Waals surface area contributed by atoms with Gasteiger partial charge >= 0.3 is 12.0 Å². The number of rotatable bonds is 6. The Morgan fingerprint density at radius 1 is 0.933 bits per heavy atom. The van der Waals surface area contributed by atoms with Gasteiger partial charge in [-0.15, -0.1) is 0 Å². The molecule has 3 rings (SSSR count). The molecule has 1 aliphatic rings. The molecule has 0 radical (unpaired) electrons. The maximum Gasteiger partial charge on any atom is 0.341 e. The van der Waals surface area contributed by atoms with Gasteiger partial charge in [0, 0.05) is 11.7 Å². The Balaban J connectivity index is 1.56. The summed E-state index contributed by atoms with van der Waals surface area (Å²) in [4.78, 5) is 36.9. The average molecular weight is 409 g/mol. The molecular formula is C23H27N3O4. The number of para-hydroxylation sites is 2. The lowest BCUT2D eigenvalue weighted by molar-refractivity contribution is -0.127. The van der Waals surface area contributed by atoms with Crippen molar-refractivity contribution in [3.8, 4) is 0 Å². The highest BCUT2D eigenvalue weighted by Gasteiger charge is 2.23. The van der Waals surface area contributed by atoms with E-state index in [2.05, 4.69) is 16.0 Å². The van der Waals surface area contributed by atoms with Crippen LogP contribution in [-0.4, -0.2) is 30.1 Å². The third-order valence-electron chi connectivity index (χ3n) is 5.03. The van der Waals surface area contributed by atoms with E-state index in [4.69, 9.17) is 4.74 Å². The number of amides is 3. The molecule has 1 saturated carbocycles. The molecule has 158 valence electrons. The molecule has 1 aliphatic carbocycles. The Bertz CT molecular complexity index is 879. The lowest BCUT2D eigenvalue weighted by atomic mass is 9.96. The second-order valence-electron chi connectivity index (χ2n) is 7.38. The minimum atomic E-state index is -1.11. The SMILES string of the molecule is C[C@H](OC(=O)c1ccccc1Nc1ccccc1)C(=O)NC(=O)NC1CCCCC1. The Morgan fingerprint density at radius 2 is 1.60 bits per heavy atom. The van der Waals surface area contributed by atoms with Crippen molar-refractivity contribution >= 4 is 29.3 Å². The first-order valence-electron chi connectivity index (χ1n) is 10.3. The van der Waals surface area contributed by atoms with Crippen molar-refractivity contribution in [1.29, 1.82) is 0 Å². The zero-order chi connectivity index (χ0) is 21.3. The van der Waals surface area contributed by atoms with E-state index in [0.717, 1.165) is 31.4 Å². The Labute approximate surface area is 176 Å². The summed E-state index contributed by atoms with van der Waals surface area (Å²) < 4.78 is 5.30. The van der Waals surface area contributed by atoms with Gasteiger partial charge in [0.1, 0.15) is 0 Å². The summed E-state index contributed by atoms with van der Waals surface area (Å²) in [6.07, 6.45) is 4.03. The van der Waals surface area contributed by atoms with E-state index in [-0.39, 0.29) is 6.04 Å². The van der Waals surface area contributed by atoms with Gasteiger partial charge in [0.05, 0.1) is 11.3 Å². The first kappa shape index (κ1) is 21.4. The van der Waals surface area contributed by atoms with Gasteiger partial charge in [-0.05, 0) is 44.0 Å². The maximum atomic E-state index is 12.6. The number of nitrogens with one attached hydrogen (secondary N) is 3. The van der Waals surface area contributed by atoms with Gasteiger partial charge in [-0.1, -0.05) is 49.6 Å². The van der Waals surface area contributed by atoms with Crippen LogP contribution < -0.4 is 16.0 Å². The molecule has 0 saturated heterocycles. The lowest BCUT2D eigenvalue weighted by Gasteiger charge is -2.23. The van der Waals surface area contributed by atoms with Crippen molar-refractivity contribution in [2.45, 2.75) is 51.2 Å². The van der Waals surface area contributed by atoms with Crippen LogP contribution in [-0.2, 0) is 9.53 Å². The largest absolute Gasteiger partial charge is 0.449 e. The number of carbonyl (C=O) groups excluding carboxylic acids is 3. The number of urea groups is 1. The number of esters is 1. The molecule has 0 unspecified atom stereocenters. The van der Waals surface area contributed by atoms with Crippen LogP contribution in [0.1, 0.15) is 49.4 Å². The zero-order valence-corrected chi connectivity index (χ0v) is 17.0. The molecule has 0 spiro atoms. The van der Waals surface area contributed by atoms with Crippen LogP contribution in [0.4, 0.5) is 16.2 Å². The number of anilines is 2. The molecule has 0 heterocycles. The van der Waals surface area contributed by atoms with Crippen molar-refractivity contribution in [3.05, 3.63) is 60.2 Å². The van der Waals surface area contributed by atoms with Crippen molar-refractivity contribution in [2.24, 2.45) is 0 Å². The number of carbonyl (C=O) groups is 3. The Hall–Kier alpha value is -3.35. The molecule has 1 fully saturated rings. The molecule has 0 aromatic heterocycles. The second-order valence-corrected chi connectivity index (χ2v) is 7.38. The Morgan fingerprint density at radius 3 is 2.33 bits per heavy atom. The molecule has 7 heteroatoms. The average Bonchev–Trinajstić information content (AvgIpc) is 2.75. The molecule has 2 aromatic carbocycles. The maximum absolute atomic E-state index is 12.6. The van der Waals surface area contributed by atoms with E-state index >= 15 is 0 Å². The van der Waals surface area contributed by atoms with Crippen LogP contribution in [0, 0.1) is 0 Å². The van der Waals surface area contributed by atoms with Gasteiger partial charge < -0.3 is 15.4 Å². The third kappa shape index (κ3) is 6.07. The monoisotopic (exact) mass is 409 g/mol. The fourth-order valence-corrected chi connectivity index (χ4v) is 3.41. The van der Waals surface area contributed by atoms with Crippen LogP contribution in [0.5, 0.6) is 0 Å². The minimum absolute atomic E-state index is 0.0837. The summed E-state index contributed by atoms with van der Waals surface area (Å²) in [5.74, 6) is -1.31. The van der Waals surface area contributed by atoms with Crippen molar-refractivity contribution in [1.82, 2.24) is 10.6 Å². The standard InChI is InChI=1S/C23H27N3O4/c1-16(21(27)26-23(29)25-18-12-6-3-7-13-18)30-22(28)19-14-8-9-15-20(19)24-17-10-4-2-5-11-17/h2,4-5,8-11,14-16,18,24H,3,6-7,12-13H2,1H3,(H2,25,26,27,29)/t16-/m0/s1. The summed E-state index contributed by atoms with van der Waals surface area (Å²) >= 11 is 0. The van der Waals surface area contributed by atoms with E-state index in [1.54, 1.807) is 24.3 Å². The fourth-order valence-electron chi connectivity index (χ4n) is 3.41. The highest BCUT2D eigenvalue weighted by molar-refractivity contribution is 6.00. The molecule has 3 amide bonds. The topological polar surface area (TPSA) is 96.5 Å².